The third-order valence-electron chi connectivity index (χ3n) is 4.22. The number of anilines is 1. The zero-order chi connectivity index (χ0) is 16.7. The van der Waals surface area contributed by atoms with Crippen LogP contribution in [0.1, 0.15) is 21.6 Å². The molecule has 0 aliphatic carbocycles. The summed E-state index contributed by atoms with van der Waals surface area (Å²) in [5.41, 5.74) is 5.41. The first-order valence-electron chi connectivity index (χ1n) is 7.46. The molecule has 2 aromatic heterocycles. The maximum Gasteiger partial charge on any atom is 0.277 e. The number of halogens is 1. The molecule has 0 spiro atoms. The topological polar surface area (TPSA) is 94.1 Å². The molecule has 0 saturated heterocycles. The van der Waals surface area contributed by atoms with E-state index in [4.69, 9.17) is 5.21 Å². The quantitative estimate of drug-likeness (QED) is 0.463. The van der Waals surface area contributed by atoms with Crippen LogP contribution in [0.25, 0.3) is 10.9 Å². The van der Waals surface area contributed by atoms with Gasteiger partial charge in [-0.3, -0.25) is 10.0 Å². The summed E-state index contributed by atoms with van der Waals surface area (Å²) in [5, 5.41) is 9.84. The average molecular weight is 388 g/mol. The minimum atomic E-state index is -0.621. The molecule has 0 fully saturated rings. The van der Waals surface area contributed by atoms with Gasteiger partial charge in [0.25, 0.3) is 5.91 Å². The number of benzene rings is 1. The van der Waals surface area contributed by atoms with Gasteiger partial charge in [0.2, 0.25) is 5.95 Å². The van der Waals surface area contributed by atoms with Gasteiger partial charge < -0.3 is 9.88 Å². The zero-order valence-electron chi connectivity index (χ0n) is 12.6. The van der Waals surface area contributed by atoms with E-state index in [0.29, 0.717) is 12.5 Å². The van der Waals surface area contributed by atoms with Gasteiger partial charge in [-0.1, -0.05) is 22.0 Å². The molecule has 0 saturated carbocycles. The minimum absolute atomic E-state index is 0.218. The summed E-state index contributed by atoms with van der Waals surface area (Å²) in [5.74, 6) is -0.0497. The van der Waals surface area contributed by atoms with Crippen LogP contribution in [-0.4, -0.2) is 32.6 Å². The highest BCUT2D eigenvalue weighted by Crippen LogP contribution is 2.30. The van der Waals surface area contributed by atoms with Gasteiger partial charge in [-0.2, -0.15) is 0 Å². The lowest BCUT2D eigenvalue weighted by Crippen LogP contribution is -2.31. The Morgan fingerprint density at radius 1 is 1.33 bits per heavy atom. The second-order valence-electron chi connectivity index (χ2n) is 5.66. The monoisotopic (exact) mass is 387 g/mol. The highest BCUT2D eigenvalue weighted by atomic mass is 79.9. The summed E-state index contributed by atoms with van der Waals surface area (Å²) >= 11 is 3.50. The summed E-state index contributed by atoms with van der Waals surface area (Å²) in [4.78, 5) is 25.4. The van der Waals surface area contributed by atoms with E-state index in [2.05, 4.69) is 47.9 Å². The van der Waals surface area contributed by atoms with Crippen molar-refractivity contribution in [1.29, 1.82) is 0 Å². The number of aromatic amines is 1. The lowest BCUT2D eigenvalue weighted by molar-refractivity contribution is 0.0705. The molecule has 1 aliphatic heterocycles. The van der Waals surface area contributed by atoms with Gasteiger partial charge in [0.15, 0.2) is 0 Å². The molecule has 1 amide bonds. The number of aromatic nitrogens is 3. The van der Waals surface area contributed by atoms with Gasteiger partial charge in [0.05, 0.1) is 5.56 Å². The van der Waals surface area contributed by atoms with Gasteiger partial charge in [-0.05, 0) is 12.1 Å². The minimum Gasteiger partial charge on any atom is -0.358 e. The van der Waals surface area contributed by atoms with Crippen molar-refractivity contribution in [1.82, 2.24) is 20.4 Å². The van der Waals surface area contributed by atoms with Crippen LogP contribution in [0.3, 0.4) is 0 Å². The highest BCUT2D eigenvalue weighted by molar-refractivity contribution is 9.10. The van der Waals surface area contributed by atoms with Crippen molar-refractivity contribution < 1.29 is 10.0 Å². The van der Waals surface area contributed by atoms with E-state index in [1.54, 1.807) is 5.48 Å². The lowest BCUT2D eigenvalue weighted by Gasteiger charge is -2.27. The van der Waals surface area contributed by atoms with E-state index >= 15 is 0 Å². The van der Waals surface area contributed by atoms with Crippen molar-refractivity contribution in [3.63, 3.8) is 0 Å². The third-order valence-corrected chi connectivity index (χ3v) is 4.72. The zero-order valence-corrected chi connectivity index (χ0v) is 14.2. The number of fused-ring (bicyclic) bond motifs is 3. The van der Waals surface area contributed by atoms with Crippen molar-refractivity contribution in [2.45, 2.75) is 13.0 Å². The Morgan fingerprint density at radius 3 is 2.88 bits per heavy atom. The molecule has 3 heterocycles. The molecule has 122 valence electrons. The first-order valence-corrected chi connectivity index (χ1v) is 8.25. The molecule has 0 atom stereocenters. The Balaban J connectivity index is 1.64. The summed E-state index contributed by atoms with van der Waals surface area (Å²) in [6.45, 7) is 1.51. The normalized spacial score (nSPS) is 13.8. The number of rotatable bonds is 2. The molecular formula is C16H14BrN5O2. The van der Waals surface area contributed by atoms with E-state index in [0.717, 1.165) is 23.0 Å². The molecule has 3 aromatic rings. The van der Waals surface area contributed by atoms with Crippen molar-refractivity contribution >= 4 is 38.7 Å². The molecule has 0 unspecified atom stereocenters. The van der Waals surface area contributed by atoms with E-state index in [-0.39, 0.29) is 5.56 Å². The molecule has 24 heavy (non-hydrogen) atoms. The summed E-state index contributed by atoms with van der Waals surface area (Å²) in [6, 6.07) is 6.22. The van der Waals surface area contributed by atoms with Crippen LogP contribution in [0.15, 0.2) is 35.1 Å². The lowest BCUT2D eigenvalue weighted by atomic mass is 10.0. The fourth-order valence-electron chi connectivity index (χ4n) is 3.03. The second kappa shape index (κ2) is 5.88. The number of nitrogens with zero attached hydrogens (tertiary/aromatic N) is 3. The molecule has 0 bridgehead atoms. The molecule has 0 radical (unpaired) electrons. The van der Waals surface area contributed by atoms with Crippen molar-refractivity contribution in [3.8, 4) is 0 Å². The molecule has 1 aromatic carbocycles. The van der Waals surface area contributed by atoms with Gasteiger partial charge in [0.1, 0.15) is 0 Å². The SMILES string of the molecule is O=C(NO)c1cnc(N2CCc3[nH]c4cc(Br)ccc4c3C2)nc1. The maximum absolute atomic E-state index is 11.3. The van der Waals surface area contributed by atoms with E-state index in [1.807, 2.05) is 6.07 Å². The smallest absolute Gasteiger partial charge is 0.277 e. The van der Waals surface area contributed by atoms with Crippen LogP contribution >= 0.6 is 15.9 Å². The molecule has 3 N–H and O–H groups in total. The average Bonchev–Trinajstić information content (AvgIpc) is 2.97. The fraction of sp³-hybridized carbons (Fsp3) is 0.188. The number of carbonyl (C=O) groups excluding carboxylic acids is 1. The third kappa shape index (κ3) is 2.53. The van der Waals surface area contributed by atoms with Crippen LogP contribution in [0.4, 0.5) is 5.95 Å². The first-order chi connectivity index (χ1) is 11.7. The van der Waals surface area contributed by atoms with Crippen molar-refractivity contribution in [2.24, 2.45) is 0 Å². The largest absolute Gasteiger partial charge is 0.358 e. The first kappa shape index (κ1) is 15.1. The van der Waals surface area contributed by atoms with Crippen LogP contribution in [0.5, 0.6) is 0 Å². The Kier molecular flexibility index (Phi) is 3.70. The number of hydrogen-bond donors (Lipinski definition) is 3. The Morgan fingerprint density at radius 2 is 2.12 bits per heavy atom. The maximum atomic E-state index is 11.3. The van der Waals surface area contributed by atoms with Gasteiger partial charge >= 0.3 is 0 Å². The Hall–Kier alpha value is -2.45. The predicted octanol–water partition coefficient (Wildman–Crippen LogP) is 2.40. The van der Waals surface area contributed by atoms with Crippen LogP contribution in [0, 0.1) is 0 Å². The fourth-order valence-corrected chi connectivity index (χ4v) is 3.39. The number of H-pyrrole nitrogens is 1. The van der Waals surface area contributed by atoms with Crippen LogP contribution in [0.2, 0.25) is 0 Å². The number of carbonyl (C=O) groups is 1. The summed E-state index contributed by atoms with van der Waals surface area (Å²) in [6.07, 6.45) is 3.70. The molecular weight excluding hydrogens is 374 g/mol. The Labute approximate surface area is 145 Å². The predicted molar refractivity (Wildman–Crippen MR) is 92.0 cm³/mol. The number of hydroxylamine groups is 1. The van der Waals surface area contributed by atoms with Gasteiger partial charge in [0, 0.05) is 58.5 Å². The van der Waals surface area contributed by atoms with Crippen molar-refractivity contribution in [2.75, 3.05) is 11.4 Å². The number of nitrogens with one attached hydrogen (secondary N) is 2. The van der Waals surface area contributed by atoms with E-state index < -0.39 is 5.91 Å². The molecule has 1 aliphatic rings. The summed E-state index contributed by atoms with van der Waals surface area (Å²) < 4.78 is 1.05. The van der Waals surface area contributed by atoms with Crippen molar-refractivity contribution in [3.05, 3.63) is 51.9 Å². The van der Waals surface area contributed by atoms with Crippen LogP contribution in [-0.2, 0) is 13.0 Å². The Bertz CT molecular complexity index is 922. The standard InChI is InChI=1S/C16H14BrN5O2/c17-10-1-2-11-12-8-22(4-3-13(12)20-14(11)5-10)16-18-6-9(7-19-16)15(23)21-24/h1-2,5-7,20,24H,3-4,8H2,(H,21,23). The molecule has 8 heteroatoms. The van der Waals surface area contributed by atoms with E-state index in [9.17, 15) is 4.79 Å². The number of hydrogen-bond acceptors (Lipinski definition) is 5. The highest BCUT2D eigenvalue weighted by Gasteiger charge is 2.22. The molecule has 4 rings (SSSR count). The number of amides is 1. The summed E-state index contributed by atoms with van der Waals surface area (Å²) in [7, 11) is 0. The van der Waals surface area contributed by atoms with E-state index in [1.165, 1.54) is 29.0 Å². The molecule has 7 nitrogen and oxygen atoms in total. The van der Waals surface area contributed by atoms with Gasteiger partial charge in [-0.25, -0.2) is 15.4 Å². The second-order valence-corrected chi connectivity index (χ2v) is 6.57. The van der Waals surface area contributed by atoms with Gasteiger partial charge in [-0.15, -0.1) is 0 Å². The van der Waals surface area contributed by atoms with Crippen LogP contribution < -0.4 is 10.4 Å².